The number of hydrogen-bond acceptors (Lipinski definition) is 6. The second-order valence-corrected chi connectivity index (χ2v) is 8.36. The van der Waals surface area contributed by atoms with E-state index in [4.69, 9.17) is 9.47 Å². The lowest BCUT2D eigenvalue weighted by Crippen LogP contribution is -2.22. The minimum atomic E-state index is -0.683. The number of phenolic OH excluding ortho intramolecular Hbond substituents is 1. The fourth-order valence-corrected chi connectivity index (χ4v) is 3.55. The van der Waals surface area contributed by atoms with Gasteiger partial charge in [-0.1, -0.05) is 49.2 Å². The highest BCUT2D eigenvalue weighted by atomic mass is 16.5. The normalized spacial score (nSPS) is 11.9. The zero-order chi connectivity index (χ0) is 23.7. The van der Waals surface area contributed by atoms with Crippen molar-refractivity contribution < 1.29 is 24.5 Å². The van der Waals surface area contributed by atoms with Crippen LogP contribution in [-0.2, 0) is 27.3 Å². The van der Waals surface area contributed by atoms with Gasteiger partial charge in [-0.25, -0.2) is 0 Å². The summed E-state index contributed by atoms with van der Waals surface area (Å²) in [5.41, 5.74) is 2.56. The summed E-state index contributed by atoms with van der Waals surface area (Å²) >= 11 is 0. The number of aromatic hydroxyl groups is 1. The summed E-state index contributed by atoms with van der Waals surface area (Å²) in [6.45, 7) is 4.26. The van der Waals surface area contributed by atoms with E-state index in [2.05, 4.69) is 35.6 Å². The number of unbranched alkanes of at least 4 members (excludes halogenated alkanes) is 4. The van der Waals surface area contributed by atoms with Crippen LogP contribution < -0.4 is 5.32 Å². The maximum absolute atomic E-state index is 11.0. The van der Waals surface area contributed by atoms with Gasteiger partial charge in [0.05, 0.1) is 6.10 Å². The largest absolute Gasteiger partial charge is 0.508 e. The summed E-state index contributed by atoms with van der Waals surface area (Å²) in [6, 6.07) is 15.4. The first-order valence-corrected chi connectivity index (χ1v) is 12.0. The van der Waals surface area contributed by atoms with E-state index in [1.54, 1.807) is 12.1 Å². The molecule has 0 saturated carbocycles. The highest BCUT2D eigenvalue weighted by Gasteiger charge is 2.11. The number of aryl methyl sites for hydroxylation is 1. The van der Waals surface area contributed by atoms with Crippen LogP contribution in [0, 0.1) is 0 Å². The molecule has 0 saturated heterocycles. The summed E-state index contributed by atoms with van der Waals surface area (Å²) in [4.78, 5) is 11.0. The molecule has 0 fully saturated rings. The van der Waals surface area contributed by atoms with Crippen molar-refractivity contribution in [1.29, 1.82) is 0 Å². The number of phenols is 1. The molecule has 6 nitrogen and oxygen atoms in total. The highest BCUT2D eigenvalue weighted by molar-refractivity contribution is 5.66. The molecule has 33 heavy (non-hydrogen) atoms. The SMILES string of the molecule is CC(=O)OCc1cc(C(O)CNCCCCCCOCCCCc2ccccc2)ccc1O. The van der Waals surface area contributed by atoms with Gasteiger partial charge in [0, 0.05) is 32.2 Å². The lowest BCUT2D eigenvalue weighted by Gasteiger charge is -2.14. The Morgan fingerprint density at radius 1 is 0.970 bits per heavy atom. The summed E-state index contributed by atoms with van der Waals surface area (Å²) in [7, 11) is 0. The van der Waals surface area contributed by atoms with Gasteiger partial charge in [-0.3, -0.25) is 4.79 Å². The fourth-order valence-electron chi connectivity index (χ4n) is 3.55. The van der Waals surface area contributed by atoms with Crippen molar-refractivity contribution in [2.24, 2.45) is 0 Å². The number of carbonyl (C=O) groups is 1. The zero-order valence-corrected chi connectivity index (χ0v) is 19.8. The summed E-state index contributed by atoms with van der Waals surface area (Å²) in [5.74, 6) is -0.358. The Hall–Kier alpha value is -2.41. The molecule has 0 aliphatic carbocycles. The third-order valence-corrected chi connectivity index (χ3v) is 5.50. The summed E-state index contributed by atoms with van der Waals surface area (Å²) in [5, 5.41) is 23.5. The maximum atomic E-state index is 11.0. The number of rotatable bonds is 17. The first-order chi connectivity index (χ1) is 16.1. The number of aliphatic hydroxyl groups excluding tert-OH is 1. The van der Waals surface area contributed by atoms with Crippen LogP contribution in [0.1, 0.15) is 68.2 Å². The van der Waals surface area contributed by atoms with E-state index in [9.17, 15) is 15.0 Å². The van der Waals surface area contributed by atoms with E-state index in [-0.39, 0.29) is 12.4 Å². The number of carbonyl (C=O) groups excluding carboxylic acids is 1. The first-order valence-electron chi connectivity index (χ1n) is 12.0. The Bertz CT molecular complexity index is 796. The molecular weight excluding hydrogens is 418 g/mol. The van der Waals surface area contributed by atoms with E-state index >= 15 is 0 Å². The fraction of sp³-hybridized carbons (Fsp3) is 0.519. The number of esters is 1. The number of hydrogen-bond donors (Lipinski definition) is 3. The Balaban J connectivity index is 1.44. The molecular formula is C27H39NO5. The molecule has 0 heterocycles. The Labute approximate surface area is 197 Å². The molecule has 2 rings (SSSR count). The number of benzene rings is 2. The number of ether oxygens (including phenoxy) is 2. The molecule has 0 radical (unpaired) electrons. The monoisotopic (exact) mass is 457 g/mol. The van der Waals surface area contributed by atoms with E-state index in [1.807, 2.05) is 0 Å². The van der Waals surface area contributed by atoms with Gasteiger partial charge >= 0.3 is 5.97 Å². The quantitative estimate of drug-likeness (QED) is 0.236. The van der Waals surface area contributed by atoms with Gasteiger partial charge in [0.15, 0.2) is 0 Å². The molecule has 3 N–H and O–H groups in total. The molecule has 2 aromatic carbocycles. The molecule has 0 spiro atoms. The van der Waals surface area contributed by atoms with Crippen LogP contribution in [0.25, 0.3) is 0 Å². The topological polar surface area (TPSA) is 88.0 Å². The molecule has 0 aliphatic rings. The van der Waals surface area contributed by atoms with Gasteiger partial charge in [0.2, 0.25) is 0 Å². The summed E-state index contributed by atoms with van der Waals surface area (Å²) < 4.78 is 10.7. The lowest BCUT2D eigenvalue weighted by molar-refractivity contribution is -0.142. The highest BCUT2D eigenvalue weighted by Crippen LogP contribution is 2.23. The smallest absolute Gasteiger partial charge is 0.302 e. The summed E-state index contributed by atoms with van der Waals surface area (Å²) in [6.07, 6.45) is 7.12. The Morgan fingerprint density at radius 2 is 1.70 bits per heavy atom. The van der Waals surface area contributed by atoms with E-state index in [1.165, 1.54) is 25.0 Å². The molecule has 0 bridgehead atoms. The van der Waals surface area contributed by atoms with Crippen molar-refractivity contribution in [3.8, 4) is 5.75 Å². The standard InChI is InChI=1S/C27H39NO5/c1-22(29)33-21-25-19-24(14-15-26(25)30)27(31)20-28-16-8-2-3-9-17-32-18-10-7-13-23-11-5-4-6-12-23/h4-6,11-12,14-15,19,27-28,30-31H,2-3,7-10,13,16-18,20-21H2,1H3. The zero-order valence-electron chi connectivity index (χ0n) is 19.8. The Kier molecular flexibility index (Phi) is 13.2. The van der Waals surface area contributed by atoms with Crippen molar-refractivity contribution >= 4 is 5.97 Å². The lowest BCUT2D eigenvalue weighted by atomic mass is 10.1. The maximum Gasteiger partial charge on any atom is 0.302 e. The number of nitrogens with one attached hydrogen (secondary N) is 1. The van der Waals surface area contributed by atoms with E-state index in [0.29, 0.717) is 17.7 Å². The average molecular weight is 458 g/mol. The minimum Gasteiger partial charge on any atom is -0.508 e. The predicted octanol–water partition coefficient (Wildman–Crippen LogP) is 4.68. The van der Waals surface area contributed by atoms with Gasteiger partial charge in [-0.15, -0.1) is 0 Å². The molecule has 0 amide bonds. The average Bonchev–Trinajstić information content (AvgIpc) is 2.82. The van der Waals surface area contributed by atoms with Crippen LogP contribution in [-0.4, -0.2) is 42.5 Å². The van der Waals surface area contributed by atoms with Gasteiger partial charge < -0.3 is 25.0 Å². The number of aliphatic hydroxyl groups is 1. The van der Waals surface area contributed by atoms with Crippen molar-refractivity contribution in [2.45, 2.75) is 64.6 Å². The van der Waals surface area contributed by atoms with Gasteiger partial charge in [0.1, 0.15) is 12.4 Å². The molecule has 182 valence electrons. The predicted molar refractivity (Wildman–Crippen MR) is 130 cm³/mol. The van der Waals surface area contributed by atoms with Crippen molar-refractivity contribution in [2.75, 3.05) is 26.3 Å². The van der Waals surface area contributed by atoms with Crippen LogP contribution in [0.4, 0.5) is 0 Å². The van der Waals surface area contributed by atoms with Crippen molar-refractivity contribution in [1.82, 2.24) is 5.32 Å². The van der Waals surface area contributed by atoms with Gasteiger partial charge in [0.25, 0.3) is 0 Å². The molecule has 0 aromatic heterocycles. The van der Waals surface area contributed by atoms with E-state index in [0.717, 1.165) is 58.3 Å². The minimum absolute atomic E-state index is 0.00738. The first kappa shape index (κ1) is 26.8. The molecule has 1 atom stereocenters. The van der Waals surface area contributed by atoms with Crippen LogP contribution in [0.3, 0.4) is 0 Å². The van der Waals surface area contributed by atoms with Gasteiger partial charge in [-0.2, -0.15) is 0 Å². The van der Waals surface area contributed by atoms with Gasteiger partial charge in [-0.05, 0) is 61.9 Å². The Morgan fingerprint density at radius 3 is 2.45 bits per heavy atom. The second-order valence-electron chi connectivity index (χ2n) is 8.36. The van der Waals surface area contributed by atoms with Crippen LogP contribution in [0.5, 0.6) is 5.75 Å². The van der Waals surface area contributed by atoms with Crippen molar-refractivity contribution in [3.63, 3.8) is 0 Å². The van der Waals surface area contributed by atoms with E-state index < -0.39 is 12.1 Å². The van der Waals surface area contributed by atoms with Crippen LogP contribution in [0.2, 0.25) is 0 Å². The van der Waals surface area contributed by atoms with Crippen LogP contribution >= 0.6 is 0 Å². The third kappa shape index (κ3) is 11.9. The molecule has 2 aromatic rings. The molecule has 1 unspecified atom stereocenters. The van der Waals surface area contributed by atoms with Crippen molar-refractivity contribution in [3.05, 3.63) is 65.2 Å². The second kappa shape index (κ2) is 16.2. The molecule has 0 aliphatic heterocycles. The third-order valence-electron chi connectivity index (χ3n) is 5.50. The molecule has 6 heteroatoms. The van der Waals surface area contributed by atoms with Crippen LogP contribution in [0.15, 0.2) is 48.5 Å².